The van der Waals surface area contributed by atoms with E-state index in [4.69, 9.17) is 11.6 Å². The van der Waals surface area contributed by atoms with Gasteiger partial charge in [0.05, 0.1) is 11.4 Å². The van der Waals surface area contributed by atoms with E-state index in [1.54, 1.807) is 11.3 Å². The summed E-state index contributed by atoms with van der Waals surface area (Å²) in [5.41, 5.74) is 3.47. The smallest absolute Gasteiger partial charge is 0.194 e. The molecule has 0 saturated heterocycles. The van der Waals surface area contributed by atoms with Crippen LogP contribution in [0.5, 0.6) is 0 Å². The third kappa shape index (κ3) is 1.94. The summed E-state index contributed by atoms with van der Waals surface area (Å²) < 4.78 is 2.11. The van der Waals surface area contributed by atoms with Crippen LogP contribution in [0.1, 0.15) is 24.7 Å². The molecule has 0 bridgehead atoms. The molecule has 0 spiro atoms. The molecular weight excluding hydrogens is 228 g/mol. The van der Waals surface area contributed by atoms with Crippen molar-refractivity contribution in [1.29, 1.82) is 0 Å². The van der Waals surface area contributed by atoms with Gasteiger partial charge in [0, 0.05) is 17.5 Å². The molecule has 0 radical (unpaired) electrons. The zero-order valence-corrected chi connectivity index (χ0v) is 10.4. The minimum absolute atomic E-state index is 0.591. The minimum atomic E-state index is 0.591. The van der Waals surface area contributed by atoms with Crippen LogP contribution in [0.25, 0.3) is 11.0 Å². The molecule has 15 heavy (non-hydrogen) atoms. The van der Waals surface area contributed by atoms with Crippen LogP contribution in [-0.2, 0) is 0 Å². The summed E-state index contributed by atoms with van der Waals surface area (Å²) in [5, 5.41) is 2.05. The first kappa shape index (κ1) is 10.7. The van der Waals surface area contributed by atoms with Gasteiger partial charge in [-0.2, -0.15) is 0 Å². The van der Waals surface area contributed by atoms with Gasteiger partial charge in [-0.1, -0.05) is 12.5 Å². The molecular formula is C11H13ClN2S. The van der Waals surface area contributed by atoms with Crippen LogP contribution < -0.4 is 0 Å². The molecule has 0 aliphatic rings. The molecule has 0 amide bonds. The SMILES string of the molecule is CCC(=Cc1c(C)nc2sccn12)CCl. The Labute approximate surface area is 98.2 Å². The summed E-state index contributed by atoms with van der Waals surface area (Å²) in [6.45, 7) is 4.16. The molecule has 80 valence electrons. The summed E-state index contributed by atoms with van der Waals surface area (Å²) in [6, 6.07) is 0. The quantitative estimate of drug-likeness (QED) is 0.748. The van der Waals surface area contributed by atoms with Gasteiger partial charge in [0.15, 0.2) is 4.96 Å². The van der Waals surface area contributed by atoms with Crippen LogP contribution in [0.3, 0.4) is 0 Å². The van der Waals surface area contributed by atoms with Crippen molar-refractivity contribution in [2.45, 2.75) is 20.3 Å². The lowest BCUT2D eigenvalue weighted by Crippen LogP contribution is -1.88. The number of nitrogens with zero attached hydrogens (tertiary/aromatic N) is 2. The predicted molar refractivity (Wildman–Crippen MR) is 66.8 cm³/mol. The highest BCUT2D eigenvalue weighted by Crippen LogP contribution is 2.20. The van der Waals surface area contributed by atoms with E-state index in [1.807, 2.05) is 18.5 Å². The molecule has 0 aliphatic heterocycles. The van der Waals surface area contributed by atoms with Crippen LogP contribution in [0.2, 0.25) is 0 Å². The highest BCUT2D eigenvalue weighted by Gasteiger charge is 2.07. The fourth-order valence-corrected chi connectivity index (χ4v) is 2.55. The maximum absolute atomic E-state index is 5.87. The Morgan fingerprint density at radius 1 is 1.67 bits per heavy atom. The average molecular weight is 241 g/mol. The lowest BCUT2D eigenvalue weighted by Gasteiger charge is -1.99. The third-order valence-electron chi connectivity index (χ3n) is 2.45. The molecule has 2 rings (SSSR count). The fourth-order valence-electron chi connectivity index (χ4n) is 1.51. The molecule has 0 N–H and O–H groups in total. The number of alkyl halides is 1. The zero-order chi connectivity index (χ0) is 10.8. The largest absolute Gasteiger partial charge is 0.291 e. The second kappa shape index (κ2) is 4.37. The molecule has 0 saturated carbocycles. The standard InChI is InChI=1S/C11H13ClN2S/c1-3-9(7-12)6-10-8(2)13-11-14(10)4-5-15-11/h4-6H,3,7H2,1-2H3. The molecule has 0 atom stereocenters. The number of halogens is 1. The maximum Gasteiger partial charge on any atom is 0.194 e. The molecule has 2 aromatic rings. The number of thiazole rings is 1. The van der Waals surface area contributed by atoms with E-state index in [0.717, 1.165) is 22.8 Å². The van der Waals surface area contributed by atoms with Gasteiger partial charge in [0.25, 0.3) is 0 Å². The van der Waals surface area contributed by atoms with Crippen LogP contribution in [0, 0.1) is 6.92 Å². The normalized spacial score (nSPS) is 12.6. The van der Waals surface area contributed by atoms with E-state index < -0.39 is 0 Å². The highest BCUT2D eigenvalue weighted by atomic mass is 35.5. The Kier molecular flexibility index (Phi) is 3.12. The summed E-state index contributed by atoms with van der Waals surface area (Å²) in [6.07, 6.45) is 5.18. The Balaban J connectivity index is 2.54. The van der Waals surface area contributed by atoms with E-state index in [0.29, 0.717) is 5.88 Å². The van der Waals surface area contributed by atoms with Crippen LogP contribution in [0.15, 0.2) is 17.2 Å². The van der Waals surface area contributed by atoms with Crippen LogP contribution in [-0.4, -0.2) is 15.3 Å². The number of aryl methyl sites for hydroxylation is 1. The van der Waals surface area contributed by atoms with Crippen LogP contribution >= 0.6 is 22.9 Å². The van der Waals surface area contributed by atoms with Crippen molar-refractivity contribution >= 4 is 34.0 Å². The maximum atomic E-state index is 5.87. The molecule has 2 aromatic heterocycles. The lowest BCUT2D eigenvalue weighted by atomic mass is 10.2. The number of aromatic nitrogens is 2. The van der Waals surface area contributed by atoms with Gasteiger partial charge in [-0.05, 0) is 19.4 Å². The Bertz CT molecular complexity index is 490. The number of rotatable bonds is 3. The first-order valence-electron chi connectivity index (χ1n) is 4.93. The molecule has 2 nitrogen and oxygen atoms in total. The summed E-state index contributed by atoms with van der Waals surface area (Å²) in [5.74, 6) is 0.591. The number of imidazole rings is 1. The van der Waals surface area contributed by atoms with Gasteiger partial charge in [0.2, 0.25) is 0 Å². The van der Waals surface area contributed by atoms with Gasteiger partial charge < -0.3 is 0 Å². The molecule has 2 heterocycles. The second-order valence-electron chi connectivity index (χ2n) is 3.43. The zero-order valence-electron chi connectivity index (χ0n) is 8.83. The van der Waals surface area contributed by atoms with E-state index in [1.165, 1.54) is 5.57 Å². The first-order valence-corrected chi connectivity index (χ1v) is 6.35. The molecule has 4 heteroatoms. The summed E-state index contributed by atoms with van der Waals surface area (Å²) in [7, 11) is 0. The van der Waals surface area contributed by atoms with Crippen molar-refractivity contribution in [2.75, 3.05) is 5.88 Å². The lowest BCUT2D eigenvalue weighted by molar-refractivity contribution is 1.10. The third-order valence-corrected chi connectivity index (χ3v) is 3.55. The molecule has 0 fully saturated rings. The van der Waals surface area contributed by atoms with Gasteiger partial charge >= 0.3 is 0 Å². The Morgan fingerprint density at radius 3 is 3.13 bits per heavy atom. The van der Waals surface area contributed by atoms with Gasteiger partial charge in [-0.15, -0.1) is 22.9 Å². The topological polar surface area (TPSA) is 17.3 Å². The van der Waals surface area contributed by atoms with Crippen LogP contribution in [0.4, 0.5) is 0 Å². The fraction of sp³-hybridized carbons (Fsp3) is 0.364. The number of hydrogen-bond acceptors (Lipinski definition) is 2. The van der Waals surface area contributed by atoms with Gasteiger partial charge in [0.1, 0.15) is 0 Å². The van der Waals surface area contributed by atoms with E-state index >= 15 is 0 Å². The monoisotopic (exact) mass is 240 g/mol. The second-order valence-corrected chi connectivity index (χ2v) is 4.57. The Morgan fingerprint density at radius 2 is 2.47 bits per heavy atom. The Hall–Kier alpha value is -0.800. The molecule has 0 aromatic carbocycles. The van der Waals surface area contributed by atoms with Crippen molar-refractivity contribution in [3.8, 4) is 0 Å². The minimum Gasteiger partial charge on any atom is -0.291 e. The van der Waals surface area contributed by atoms with Gasteiger partial charge in [-0.25, -0.2) is 4.98 Å². The summed E-state index contributed by atoms with van der Waals surface area (Å²) in [4.78, 5) is 5.53. The summed E-state index contributed by atoms with van der Waals surface area (Å²) >= 11 is 7.52. The highest BCUT2D eigenvalue weighted by molar-refractivity contribution is 7.15. The number of allylic oxidation sites excluding steroid dienone is 1. The van der Waals surface area contributed by atoms with Crippen molar-refractivity contribution in [1.82, 2.24) is 9.38 Å². The van der Waals surface area contributed by atoms with E-state index in [2.05, 4.69) is 22.4 Å². The molecule has 0 aliphatic carbocycles. The number of hydrogen-bond donors (Lipinski definition) is 0. The molecule has 0 unspecified atom stereocenters. The average Bonchev–Trinajstić information content (AvgIpc) is 2.77. The number of fused-ring (bicyclic) bond motifs is 1. The van der Waals surface area contributed by atoms with Crippen molar-refractivity contribution in [3.05, 3.63) is 28.5 Å². The first-order chi connectivity index (χ1) is 7.26. The van der Waals surface area contributed by atoms with Crippen molar-refractivity contribution < 1.29 is 0 Å². The van der Waals surface area contributed by atoms with Crippen molar-refractivity contribution in [3.63, 3.8) is 0 Å². The predicted octanol–water partition coefficient (Wildman–Crippen LogP) is 3.74. The van der Waals surface area contributed by atoms with E-state index in [-0.39, 0.29) is 0 Å². The van der Waals surface area contributed by atoms with Gasteiger partial charge in [-0.3, -0.25) is 4.40 Å². The van der Waals surface area contributed by atoms with Crippen molar-refractivity contribution in [2.24, 2.45) is 0 Å². The van der Waals surface area contributed by atoms with E-state index in [9.17, 15) is 0 Å².